The Kier molecular flexibility index (Phi) is 6.77. The Morgan fingerprint density at radius 3 is 2.36 bits per heavy atom. The van der Waals surface area contributed by atoms with Crippen molar-refractivity contribution in [2.75, 3.05) is 26.2 Å². The van der Waals surface area contributed by atoms with E-state index in [2.05, 4.69) is 19.2 Å². The van der Waals surface area contributed by atoms with Crippen LogP contribution in [0.4, 0.5) is 0 Å². The Bertz CT molecular complexity index is 574. The van der Waals surface area contributed by atoms with Crippen molar-refractivity contribution in [3.63, 3.8) is 0 Å². The van der Waals surface area contributed by atoms with E-state index < -0.39 is 0 Å². The van der Waals surface area contributed by atoms with E-state index in [1.54, 1.807) is 11.0 Å². The van der Waals surface area contributed by atoms with Gasteiger partial charge in [-0.05, 0) is 44.2 Å². The van der Waals surface area contributed by atoms with Crippen molar-refractivity contribution >= 4 is 23.2 Å². The van der Waals surface area contributed by atoms with Gasteiger partial charge in [0.2, 0.25) is 0 Å². The number of nitrogens with two attached hydrogens (primary N) is 1. The molecule has 2 rings (SSSR count). The van der Waals surface area contributed by atoms with Crippen LogP contribution < -0.4 is 10.2 Å². The summed E-state index contributed by atoms with van der Waals surface area (Å²) in [7, 11) is 0. The van der Waals surface area contributed by atoms with Crippen LogP contribution >= 0.6 is 23.2 Å². The molecule has 0 saturated carbocycles. The second kappa shape index (κ2) is 8.59. The standard InChI is InChI=1S/C17H22Cl2N2O/c1-3-21(4-2)8-7-20-12-16-5-6-17(22-16)13-9-14(18)11-15(19)10-13/h5-6,9-11,20H,3-4,7-8,12H2,1-2H3/p+2. The molecule has 5 heteroatoms. The molecule has 0 aliphatic carbocycles. The first-order valence-electron chi connectivity index (χ1n) is 7.82. The first-order chi connectivity index (χ1) is 10.6. The SMILES string of the molecule is CC[NH+](CC)CC[NH2+]Cc1ccc(-c2cc(Cl)cc(Cl)c2)o1. The van der Waals surface area contributed by atoms with Crippen LogP contribution in [0.2, 0.25) is 10.0 Å². The molecule has 0 atom stereocenters. The molecule has 0 bridgehead atoms. The summed E-state index contributed by atoms with van der Waals surface area (Å²) in [4.78, 5) is 1.63. The lowest BCUT2D eigenvalue weighted by atomic mass is 10.2. The lowest BCUT2D eigenvalue weighted by molar-refractivity contribution is -0.910. The maximum atomic E-state index is 6.03. The summed E-state index contributed by atoms with van der Waals surface area (Å²) in [6, 6.07) is 9.44. The van der Waals surface area contributed by atoms with E-state index in [0.717, 1.165) is 30.2 Å². The summed E-state index contributed by atoms with van der Waals surface area (Å²) in [5.74, 6) is 1.78. The van der Waals surface area contributed by atoms with Gasteiger partial charge in [0.15, 0.2) is 5.76 Å². The highest BCUT2D eigenvalue weighted by Gasteiger charge is 2.09. The highest BCUT2D eigenvalue weighted by molar-refractivity contribution is 6.35. The zero-order valence-corrected chi connectivity index (χ0v) is 14.7. The molecule has 2 aromatic rings. The second-order valence-electron chi connectivity index (χ2n) is 5.41. The van der Waals surface area contributed by atoms with Crippen molar-refractivity contribution in [3.05, 3.63) is 46.1 Å². The molecular weight excluding hydrogens is 319 g/mol. The molecule has 0 radical (unpaired) electrons. The molecule has 22 heavy (non-hydrogen) atoms. The van der Waals surface area contributed by atoms with E-state index in [1.165, 1.54) is 19.6 Å². The highest BCUT2D eigenvalue weighted by atomic mass is 35.5. The molecule has 3 nitrogen and oxygen atoms in total. The van der Waals surface area contributed by atoms with Crippen LogP contribution in [0.1, 0.15) is 19.6 Å². The zero-order valence-electron chi connectivity index (χ0n) is 13.2. The summed E-state index contributed by atoms with van der Waals surface area (Å²) >= 11 is 12.1. The Morgan fingerprint density at radius 1 is 1.05 bits per heavy atom. The van der Waals surface area contributed by atoms with Crippen molar-refractivity contribution in [1.29, 1.82) is 0 Å². The minimum atomic E-state index is 0.620. The number of hydrogen-bond donors (Lipinski definition) is 2. The second-order valence-corrected chi connectivity index (χ2v) is 6.29. The molecule has 1 heterocycles. The van der Waals surface area contributed by atoms with Crippen molar-refractivity contribution in [3.8, 4) is 11.3 Å². The predicted octanol–water partition coefficient (Wildman–Crippen LogP) is 2.24. The Labute approximate surface area is 142 Å². The summed E-state index contributed by atoms with van der Waals surface area (Å²) in [6.45, 7) is 9.98. The molecule has 0 amide bonds. The highest BCUT2D eigenvalue weighted by Crippen LogP contribution is 2.28. The van der Waals surface area contributed by atoms with Gasteiger partial charge in [-0.2, -0.15) is 0 Å². The maximum absolute atomic E-state index is 6.03. The molecule has 3 N–H and O–H groups in total. The molecule has 1 aromatic carbocycles. The summed E-state index contributed by atoms with van der Waals surface area (Å²) in [5.41, 5.74) is 0.913. The number of furan rings is 1. The van der Waals surface area contributed by atoms with E-state index in [-0.39, 0.29) is 0 Å². The minimum Gasteiger partial charge on any atom is -0.455 e. The number of nitrogens with one attached hydrogen (secondary N) is 1. The Morgan fingerprint density at radius 2 is 1.73 bits per heavy atom. The van der Waals surface area contributed by atoms with Crippen molar-refractivity contribution in [1.82, 2.24) is 0 Å². The van der Waals surface area contributed by atoms with Crippen LogP contribution in [-0.2, 0) is 6.54 Å². The summed E-state index contributed by atoms with van der Waals surface area (Å²) < 4.78 is 5.88. The fourth-order valence-corrected chi connectivity index (χ4v) is 3.02. The Hall–Kier alpha value is -1.00. The van der Waals surface area contributed by atoms with E-state index >= 15 is 0 Å². The molecule has 0 aliphatic rings. The van der Waals surface area contributed by atoms with E-state index in [1.807, 2.05) is 24.3 Å². The van der Waals surface area contributed by atoms with Crippen LogP contribution in [0.15, 0.2) is 34.7 Å². The van der Waals surface area contributed by atoms with Gasteiger partial charge in [-0.25, -0.2) is 0 Å². The smallest absolute Gasteiger partial charge is 0.158 e. The van der Waals surface area contributed by atoms with Crippen LogP contribution in [0.25, 0.3) is 11.3 Å². The van der Waals surface area contributed by atoms with Gasteiger partial charge in [0.05, 0.1) is 13.1 Å². The number of halogens is 2. The fourth-order valence-electron chi connectivity index (χ4n) is 2.49. The molecule has 0 unspecified atom stereocenters. The number of likely N-dealkylation sites (N-methyl/N-ethyl adjacent to an activating group) is 1. The van der Waals surface area contributed by atoms with Crippen LogP contribution in [0.5, 0.6) is 0 Å². The third-order valence-corrected chi connectivity index (χ3v) is 4.29. The number of hydrogen-bond acceptors (Lipinski definition) is 1. The van der Waals surface area contributed by atoms with Crippen molar-refractivity contribution in [2.24, 2.45) is 0 Å². The Balaban J connectivity index is 1.89. The van der Waals surface area contributed by atoms with Gasteiger partial charge in [0.25, 0.3) is 0 Å². The van der Waals surface area contributed by atoms with Crippen LogP contribution in [-0.4, -0.2) is 26.2 Å². The number of quaternary nitrogens is 2. The lowest BCUT2D eigenvalue weighted by Gasteiger charge is -2.13. The van der Waals surface area contributed by atoms with Crippen molar-refractivity contribution in [2.45, 2.75) is 20.4 Å². The fraction of sp³-hybridized carbons (Fsp3) is 0.412. The third kappa shape index (κ3) is 5.03. The van der Waals surface area contributed by atoms with Gasteiger partial charge in [-0.15, -0.1) is 0 Å². The van der Waals surface area contributed by atoms with Gasteiger partial charge in [0, 0.05) is 15.6 Å². The molecule has 1 aromatic heterocycles. The molecule has 0 saturated heterocycles. The summed E-state index contributed by atoms with van der Waals surface area (Å²) in [6.07, 6.45) is 0. The van der Waals surface area contributed by atoms with Gasteiger partial charge < -0.3 is 14.6 Å². The molecule has 0 fully saturated rings. The van der Waals surface area contributed by atoms with Gasteiger partial charge in [-0.1, -0.05) is 23.2 Å². The maximum Gasteiger partial charge on any atom is 0.158 e. The average molecular weight is 343 g/mol. The van der Waals surface area contributed by atoms with E-state index in [4.69, 9.17) is 27.6 Å². The number of benzene rings is 1. The quantitative estimate of drug-likeness (QED) is 0.709. The minimum absolute atomic E-state index is 0.620. The number of rotatable bonds is 8. The topological polar surface area (TPSA) is 34.2 Å². The van der Waals surface area contributed by atoms with E-state index in [9.17, 15) is 0 Å². The monoisotopic (exact) mass is 342 g/mol. The summed E-state index contributed by atoms with van der Waals surface area (Å²) in [5, 5.41) is 3.53. The normalized spacial score (nSPS) is 11.3. The first-order valence-corrected chi connectivity index (χ1v) is 8.58. The molecule has 120 valence electrons. The first kappa shape index (κ1) is 17.4. The largest absolute Gasteiger partial charge is 0.455 e. The molecular formula is C17H24Cl2N2O+2. The van der Waals surface area contributed by atoms with Gasteiger partial charge in [0.1, 0.15) is 25.4 Å². The lowest BCUT2D eigenvalue weighted by Crippen LogP contribution is -3.14. The van der Waals surface area contributed by atoms with Crippen molar-refractivity contribution < 1.29 is 14.6 Å². The zero-order chi connectivity index (χ0) is 15.9. The van der Waals surface area contributed by atoms with Crippen LogP contribution in [0.3, 0.4) is 0 Å². The van der Waals surface area contributed by atoms with Crippen LogP contribution in [0, 0.1) is 0 Å². The molecule has 0 spiro atoms. The van der Waals surface area contributed by atoms with Gasteiger partial charge >= 0.3 is 0 Å². The third-order valence-electron chi connectivity index (χ3n) is 3.86. The van der Waals surface area contributed by atoms with Gasteiger partial charge in [-0.3, -0.25) is 0 Å². The average Bonchev–Trinajstić information content (AvgIpc) is 2.95. The predicted molar refractivity (Wildman–Crippen MR) is 91.6 cm³/mol. The molecule has 0 aliphatic heterocycles. The van der Waals surface area contributed by atoms with E-state index in [0.29, 0.717) is 10.0 Å².